The van der Waals surface area contributed by atoms with Gasteiger partial charge in [0.25, 0.3) is 0 Å². The number of hydrogen-bond donors (Lipinski definition) is 1. The van der Waals surface area contributed by atoms with E-state index in [0.29, 0.717) is 34.4 Å². The Bertz CT molecular complexity index is 1160. The first-order valence-corrected chi connectivity index (χ1v) is 13.6. The van der Waals surface area contributed by atoms with Gasteiger partial charge in [-0.15, -0.1) is 0 Å². The highest BCUT2D eigenvalue weighted by Crippen LogP contribution is 2.28. The Morgan fingerprint density at radius 3 is 2.00 bits per heavy atom. The van der Waals surface area contributed by atoms with Crippen LogP contribution in [0.2, 0.25) is 10.0 Å². The monoisotopic (exact) mass is 538 g/mol. The topological polar surface area (TPSA) is 49.4 Å². The zero-order valence-corrected chi connectivity index (χ0v) is 23.5. The minimum absolute atomic E-state index is 0.0638. The summed E-state index contributed by atoms with van der Waals surface area (Å²) in [6, 6.07) is 22.6. The molecule has 0 bridgehead atoms. The number of amides is 2. The number of nitrogens with one attached hydrogen (secondary N) is 1. The molecule has 0 aliphatic rings. The highest BCUT2D eigenvalue weighted by Gasteiger charge is 2.31. The number of nitrogens with zero attached hydrogens (tertiary/aromatic N) is 1. The summed E-state index contributed by atoms with van der Waals surface area (Å²) in [7, 11) is 0. The highest BCUT2D eigenvalue weighted by molar-refractivity contribution is 6.36. The van der Waals surface area contributed by atoms with Gasteiger partial charge in [0.15, 0.2) is 0 Å². The molecule has 0 saturated carbocycles. The minimum atomic E-state index is -0.715. The van der Waals surface area contributed by atoms with Gasteiger partial charge in [-0.05, 0) is 55.0 Å². The van der Waals surface area contributed by atoms with E-state index in [1.807, 2.05) is 44.2 Å². The van der Waals surface area contributed by atoms with Crippen LogP contribution >= 0.6 is 23.2 Å². The molecule has 196 valence electrons. The van der Waals surface area contributed by atoms with Gasteiger partial charge >= 0.3 is 0 Å². The Kier molecular flexibility index (Phi) is 10.6. The summed E-state index contributed by atoms with van der Waals surface area (Å²) < 4.78 is 0. The first kappa shape index (κ1) is 28.7. The van der Waals surface area contributed by atoms with E-state index in [-0.39, 0.29) is 30.8 Å². The fourth-order valence-electron chi connectivity index (χ4n) is 4.25. The van der Waals surface area contributed by atoms with Crippen LogP contribution in [0, 0.1) is 0 Å². The molecule has 3 aromatic rings. The average molecular weight is 540 g/mol. The lowest BCUT2D eigenvalue weighted by Gasteiger charge is -2.32. The van der Waals surface area contributed by atoms with Crippen molar-refractivity contribution in [2.75, 3.05) is 0 Å². The summed E-state index contributed by atoms with van der Waals surface area (Å²) >= 11 is 13.0. The number of carbonyl (C=O) groups is 2. The van der Waals surface area contributed by atoms with Crippen molar-refractivity contribution in [1.29, 1.82) is 0 Å². The van der Waals surface area contributed by atoms with Gasteiger partial charge in [-0.2, -0.15) is 0 Å². The number of carbonyl (C=O) groups excluding carboxylic acids is 2. The lowest BCUT2D eigenvalue weighted by atomic mass is 9.99. The summed E-state index contributed by atoms with van der Waals surface area (Å²) in [6.07, 6.45) is 1.23. The van der Waals surface area contributed by atoms with E-state index in [2.05, 4.69) is 43.4 Å². The molecular weight excluding hydrogens is 503 g/mol. The molecule has 0 aromatic heterocycles. The average Bonchev–Trinajstić information content (AvgIpc) is 2.86. The van der Waals surface area contributed by atoms with Crippen molar-refractivity contribution in [3.8, 4) is 0 Å². The minimum Gasteiger partial charge on any atom is -0.352 e. The number of hydrogen-bond acceptors (Lipinski definition) is 2. The van der Waals surface area contributed by atoms with Crippen molar-refractivity contribution >= 4 is 35.0 Å². The molecule has 0 radical (unpaired) electrons. The zero-order valence-electron chi connectivity index (χ0n) is 22.0. The molecule has 2 amide bonds. The largest absolute Gasteiger partial charge is 0.352 e. The zero-order chi connectivity index (χ0) is 26.9. The third kappa shape index (κ3) is 8.34. The standard InChI is InChI=1S/C31H36Cl2N2O2/c1-21(2)25-16-13-23(14-17-25)15-18-30(36)35(20-26-27(32)11-8-12-28(26)33)29(31(37)34-22(3)4)19-24-9-6-5-7-10-24/h5-14,16-17,21-22,29H,15,18-20H2,1-4H3,(H,34,37)/t29-/m0/s1. The van der Waals surface area contributed by atoms with Crippen LogP contribution in [-0.2, 0) is 29.0 Å². The van der Waals surface area contributed by atoms with Crippen molar-refractivity contribution in [2.24, 2.45) is 0 Å². The van der Waals surface area contributed by atoms with Crippen LogP contribution in [0.25, 0.3) is 0 Å². The van der Waals surface area contributed by atoms with Crippen LogP contribution in [0.3, 0.4) is 0 Å². The second-order valence-corrected chi connectivity index (χ2v) is 10.8. The summed E-state index contributed by atoms with van der Waals surface area (Å²) in [5.41, 5.74) is 3.95. The van der Waals surface area contributed by atoms with Crippen molar-refractivity contribution in [3.05, 3.63) is 105 Å². The van der Waals surface area contributed by atoms with Gasteiger partial charge in [0.1, 0.15) is 6.04 Å². The van der Waals surface area contributed by atoms with E-state index in [1.165, 1.54) is 5.56 Å². The molecule has 0 saturated heterocycles. The second-order valence-electron chi connectivity index (χ2n) is 9.99. The molecule has 3 aromatic carbocycles. The first-order chi connectivity index (χ1) is 17.7. The molecular formula is C31H36Cl2N2O2. The first-order valence-electron chi connectivity index (χ1n) is 12.8. The fourth-order valence-corrected chi connectivity index (χ4v) is 4.77. The molecule has 1 N–H and O–H groups in total. The molecule has 0 unspecified atom stereocenters. The maximum atomic E-state index is 13.8. The van der Waals surface area contributed by atoms with Gasteiger partial charge in [0, 0.05) is 41.0 Å². The second kappa shape index (κ2) is 13.6. The number of halogens is 2. The molecule has 6 heteroatoms. The SMILES string of the molecule is CC(C)NC(=O)[C@H](Cc1ccccc1)N(Cc1c(Cl)cccc1Cl)C(=O)CCc1ccc(C(C)C)cc1. The summed E-state index contributed by atoms with van der Waals surface area (Å²) in [5, 5.41) is 3.94. The molecule has 0 aliphatic heterocycles. The van der Waals surface area contributed by atoms with Crippen LogP contribution in [0.5, 0.6) is 0 Å². The summed E-state index contributed by atoms with van der Waals surface area (Å²) in [6.45, 7) is 8.29. The van der Waals surface area contributed by atoms with Crippen LogP contribution in [0.4, 0.5) is 0 Å². The lowest BCUT2D eigenvalue weighted by molar-refractivity contribution is -0.141. The molecule has 4 nitrogen and oxygen atoms in total. The Morgan fingerprint density at radius 2 is 1.43 bits per heavy atom. The van der Waals surface area contributed by atoms with E-state index in [0.717, 1.165) is 11.1 Å². The molecule has 0 aliphatic carbocycles. The van der Waals surface area contributed by atoms with Crippen molar-refractivity contribution in [3.63, 3.8) is 0 Å². The lowest BCUT2D eigenvalue weighted by Crippen LogP contribution is -2.51. The molecule has 0 heterocycles. The molecule has 1 atom stereocenters. The molecule has 37 heavy (non-hydrogen) atoms. The third-order valence-corrected chi connectivity index (χ3v) is 7.07. The van der Waals surface area contributed by atoms with Crippen molar-refractivity contribution in [1.82, 2.24) is 10.2 Å². The predicted molar refractivity (Wildman–Crippen MR) is 153 cm³/mol. The Balaban J connectivity index is 1.93. The quantitative estimate of drug-likeness (QED) is 0.280. The molecule has 3 rings (SSSR count). The fraction of sp³-hybridized carbons (Fsp3) is 0.355. The summed E-state index contributed by atoms with van der Waals surface area (Å²) in [4.78, 5) is 28.9. The Morgan fingerprint density at radius 1 is 0.811 bits per heavy atom. The molecule has 0 spiro atoms. The maximum absolute atomic E-state index is 13.8. The van der Waals surface area contributed by atoms with Crippen LogP contribution in [0.15, 0.2) is 72.8 Å². The Labute approximate surface area is 231 Å². The van der Waals surface area contributed by atoms with Crippen molar-refractivity contribution in [2.45, 2.75) is 71.5 Å². The molecule has 0 fully saturated rings. The normalized spacial score (nSPS) is 12.0. The van der Waals surface area contributed by atoms with Gasteiger partial charge in [0.2, 0.25) is 11.8 Å². The van der Waals surface area contributed by atoms with E-state index >= 15 is 0 Å². The summed E-state index contributed by atoms with van der Waals surface area (Å²) in [5.74, 6) is 0.130. The number of aryl methyl sites for hydroxylation is 1. The van der Waals surface area contributed by atoms with Gasteiger partial charge in [-0.25, -0.2) is 0 Å². The number of benzene rings is 3. The number of rotatable bonds is 11. The van der Waals surface area contributed by atoms with E-state index in [4.69, 9.17) is 23.2 Å². The van der Waals surface area contributed by atoms with Crippen LogP contribution < -0.4 is 5.32 Å². The van der Waals surface area contributed by atoms with E-state index in [1.54, 1.807) is 23.1 Å². The van der Waals surface area contributed by atoms with Crippen molar-refractivity contribution < 1.29 is 9.59 Å². The van der Waals surface area contributed by atoms with Gasteiger partial charge in [-0.1, -0.05) is 97.7 Å². The third-order valence-electron chi connectivity index (χ3n) is 6.37. The van der Waals surface area contributed by atoms with Gasteiger partial charge in [-0.3, -0.25) is 9.59 Å². The van der Waals surface area contributed by atoms with Gasteiger partial charge in [0.05, 0.1) is 0 Å². The Hall–Kier alpha value is -2.82. The smallest absolute Gasteiger partial charge is 0.243 e. The van der Waals surface area contributed by atoms with Gasteiger partial charge < -0.3 is 10.2 Å². The van der Waals surface area contributed by atoms with E-state index < -0.39 is 6.04 Å². The van der Waals surface area contributed by atoms with Crippen LogP contribution in [0.1, 0.15) is 62.3 Å². The van der Waals surface area contributed by atoms with Crippen LogP contribution in [-0.4, -0.2) is 28.8 Å². The van der Waals surface area contributed by atoms with E-state index in [9.17, 15) is 9.59 Å². The highest BCUT2D eigenvalue weighted by atomic mass is 35.5. The maximum Gasteiger partial charge on any atom is 0.243 e. The predicted octanol–water partition coefficient (Wildman–Crippen LogP) is 7.21.